The molecule has 4 amide bonds. The van der Waals surface area contributed by atoms with Crippen LogP contribution in [-0.2, 0) is 28.9 Å². The first-order valence-corrected chi connectivity index (χ1v) is 18.5. The molecular formula is C37H50N6O5S2. The third kappa shape index (κ3) is 12.7. The summed E-state index contributed by atoms with van der Waals surface area (Å²) in [4.78, 5) is 47.0. The van der Waals surface area contributed by atoms with Crippen LogP contribution in [0.5, 0.6) is 0 Å². The molecule has 1 aliphatic carbocycles. The monoisotopic (exact) mass is 722 g/mol. The van der Waals surface area contributed by atoms with Crippen molar-refractivity contribution in [1.82, 2.24) is 25.8 Å². The largest absolute Gasteiger partial charge is 0.444 e. The molecule has 0 saturated heterocycles. The van der Waals surface area contributed by atoms with E-state index in [0.29, 0.717) is 43.1 Å². The van der Waals surface area contributed by atoms with E-state index < -0.39 is 30.2 Å². The van der Waals surface area contributed by atoms with Crippen molar-refractivity contribution in [3.63, 3.8) is 0 Å². The van der Waals surface area contributed by atoms with Gasteiger partial charge in [0.2, 0.25) is 5.91 Å². The number of alkyl carbamates (subject to hydrolysis) is 1. The fourth-order valence-electron chi connectivity index (χ4n) is 5.55. The Morgan fingerprint density at radius 2 is 1.56 bits per heavy atom. The quantitative estimate of drug-likeness (QED) is 0.0978. The predicted octanol–water partition coefficient (Wildman–Crippen LogP) is 5.27. The molecule has 11 nitrogen and oxygen atoms in total. The average Bonchev–Trinajstić information content (AvgIpc) is 3.83. The molecule has 1 aliphatic rings. The van der Waals surface area contributed by atoms with Crippen LogP contribution in [0.15, 0.2) is 77.1 Å². The average molecular weight is 723 g/mol. The SMILES string of the molecule is CC(C)c1nc(CN(C(=O)NC(C(=O)NC(CCC(Cc2ccccc2)NC(=O)OC/C(S)=C/N)Cc2ccccc2)C(C)O)C2CC2)cs1. The first kappa shape index (κ1) is 38.7. The summed E-state index contributed by atoms with van der Waals surface area (Å²) in [5, 5.41) is 22.6. The van der Waals surface area contributed by atoms with Gasteiger partial charge in [-0.1, -0.05) is 74.5 Å². The van der Waals surface area contributed by atoms with Gasteiger partial charge in [0.1, 0.15) is 12.6 Å². The Labute approximate surface area is 304 Å². The lowest BCUT2D eigenvalue weighted by Gasteiger charge is -2.29. The molecular weight excluding hydrogens is 673 g/mol. The van der Waals surface area contributed by atoms with Crippen LogP contribution in [0.25, 0.3) is 0 Å². The van der Waals surface area contributed by atoms with Gasteiger partial charge in [0.25, 0.3) is 0 Å². The van der Waals surface area contributed by atoms with Gasteiger partial charge in [0.15, 0.2) is 0 Å². The van der Waals surface area contributed by atoms with Gasteiger partial charge in [0.05, 0.1) is 23.4 Å². The lowest BCUT2D eigenvalue weighted by molar-refractivity contribution is -0.126. The van der Waals surface area contributed by atoms with Gasteiger partial charge in [-0.15, -0.1) is 24.0 Å². The molecule has 50 heavy (non-hydrogen) atoms. The Bertz CT molecular complexity index is 1550. The van der Waals surface area contributed by atoms with Crippen LogP contribution in [0.3, 0.4) is 0 Å². The van der Waals surface area contributed by atoms with Gasteiger partial charge < -0.3 is 36.4 Å². The number of benzene rings is 2. The standard InChI is InChI=1S/C37H50N6O5S2/c1-24(2)35-40-30(23-50-35)21-43(31-16-17-31)36(46)42-33(25(3)44)34(45)39-28(18-26-10-6-4-7-11-26)14-15-29(19-27-12-8-5-9-13-27)41-37(47)48-22-32(49)20-38/h4-13,20,23-25,28-29,31,33,44,49H,14-19,21-22,38H2,1-3H3,(H,39,45)(H,41,47)(H,42,46)/b32-20-. The fraction of sp³-hybridized carbons (Fsp3) is 0.459. The normalized spacial score (nSPS) is 15.4. The van der Waals surface area contributed by atoms with Crippen LogP contribution in [0, 0.1) is 0 Å². The fourth-order valence-corrected chi connectivity index (χ4v) is 6.44. The summed E-state index contributed by atoms with van der Waals surface area (Å²) in [6.45, 7) is 5.94. The van der Waals surface area contributed by atoms with E-state index in [-0.39, 0.29) is 24.7 Å². The second kappa shape index (κ2) is 19.4. The summed E-state index contributed by atoms with van der Waals surface area (Å²) in [5.41, 5.74) is 8.32. The first-order valence-electron chi connectivity index (χ1n) is 17.1. The van der Waals surface area contributed by atoms with Crippen molar-refractivity contribution in [1.29, 1.82) is 0 Å². The number of aliphatic hydroxyl groups is 1. The molecule has 13 heteroatoms. The number of thiol groups is 1. The number of urea groups is 1. The molecule has 0 bridgehead atoms. The van der Waals surface area contributed by atoms with Crippen molar-refractivity contribution in [3.05, 3.63) is 99.0 Å². The van der Waals surface area contributed by atoms with Crippen LogP contribution in [0.1, 0.15) is 74.2 Å². The highest BCUT2D eigenvalue weighted by Gasteiger charge is 2.36. The number of aliphatic hydroxyl groups excluding tert-OH is 1. The van der Waals surface area contributed by atoms with Gasteiger partial charge >= 0.3 is 12.1 Å². The Kier molecular flexibility index (Phi) is 15.0. The number of hydrogen-bond donors (Lipinski definition) is 6. The number of carbonyl (C=O) groups is 3. The second-order valence-corrected chi connectivity index (χ2v) is 14.6. The molecule has 270 valence electrons. The van der Waals surface area contributed by atoms with Crippen LogP contribution >= 0.6 is 24.0 Å². The zero-order chi connectivity index (χ0) is 36.0. The number of thiazole rings is 1. The number of aromatic nitrogens is 1. The maximum absolute atomic E-state index is 13.8. The minimum absolute atomic E-state index is 0.0520. The van der Waals surface area contributed by atoms with Crippen LogP contribution < -0.4 is 21.7 Å². The summed E-state index contributed by atoms with van der Waals surface area (Å²) < 4.78 is 5.29. The van der Waals surface area contributed by atoms with Gasteiger partial charge in [-0.3, -0.25) is 4.79 Å². The maximum Gasteiger partial charge on any atom is 0.407 e. The number of nitrogens with two attached hydrogens (primary N) is 1. The number of carbonyl (C=O) groups excluding carboxylic acids is 3. The molecule has 1 fully saturated rings. The molecule has 0 radical (unpaired) electrons. The predicted molar refractivity (Wildman–Crippen MR) is 200 cm³/mol. The minimum Gasteiger partial charge on any atom is -0.444 e. The van der Waals surface area contributed by atoms with Crippen LogP contribution in [-0.4, -0.2) is 69.9 Å². The topological polar surface area (TPSA) is 159 Å². The van der Waals surface area contributed by atoms with E-state index in [1.54, 1.807) is 16.2 Å². The van der Waals surface area contributed by atoms with E-state index in [9.17, 15) is 19.5 Å². The van der Waals surface area contributed by atoms with Crippen LogP contribution in [0.2, 0.25) is 0 Å². The number of hydrogen-bond acceptors (Lipinski definition) is 9. The van der Waals surface area contributed by atoms with Crippen molar-refractivity contribution >= 4 is 42.0 Å². The Hall–Kier alpha value is -4.07. The lowest BCUT2D eigenvalue weighted by atomic mass is 9.95. The van der Waals surface area contributed by atoms with Crippen LogP contribution in [0.4, 0.5) is 9.59 Å². The minimum atomic E-state index is -1.18. The smallest absolute Gasteiger partial charge is 0.407 e. The molecule has 1 heterocycles. The van der Waals surface area contributed by atoms with E-state index in [4.69, 9.17) is 15.5 Å². The zero-order valence-corrected chi connectivity index (χ0v) is 30.7. The number of nitrogens with one attached hydrogen (secondary N) is 3. The van der Waals surface area contributed by atoms with Gasteiger partial charge in [0, 0.05) is 40.5 Å². The van der Waals surface area contributed by atoms with E-state index in [2.05, 4.69) is 42.4 Å². The van der Waals surface area contributed by atoms with Gasteiger partial charge in [-0.25, -0.2) is 14.6 Å². The van der Waals surface area contributed by atoms with Crippen molar-refractivity contribution in [2.24, 2.45) is 5.73 Å². The van der Waals surface area contributed by atoms with Crippen molar-refractivity contribution in [3.8, 4) is 0 Å². The number of ether oxygens (including phenoxy) is 1. The zero-order valence-electron chi connectivity index (χ0n) is 29.0. The summed E-state index contributed by atoms with van der Waals surface area (Å²) in [5.74, 6) is -0.190. The molecule has 0 aliphatic heterocycles. The summed E-state index contributed by atoms with van der Waals surface area (Å²) >= 11 is 5.74. The van der Waals surface area contributed by atoms with E-state index in [0.717, 1.165) is 34.7 Å². The highest BCUT2D eigenvalue weighted by molar-refractivity contribution is 7.84. The number of amides is 4. The molecule has 2 aromatic carbocycles. The van der Waals surface area contributed by atoms with Crippen molar-refractivity contribution in [2.45, 2.75) is 102 Å². The van der Waals surface area contributed by atoms with Gasteiger partial charge in [-0.2, -0.15) is 0 Å². The van der Waals surface area contributed by atoms with Crippen molar-refractivity contribution in [2.75, 3.05) is 6.61 Å². The number of nitrogens with zero attached hydrogens (tertiary/aromatic N) is 2. The molecule has 3 aromatic rings. The molecule has 0 spiro atoms. The number of rotatable bonds is 18. The summed E-state index contributed by atoms with van der Waals surface area (Å²) in [6.07, 6.45) is 3.34. The molecule has 1 aromatic heterocycles. The van der Waals surface area contributed by atoms with E-state index >= 15 is 0 Å². The molecule has 4 atom stereocenters. The second-order valence-electron chi connectivity index (χ2n) is 13.1. The highest BCUT2D eigenvalue weighted by Crippen LogP contribution is 2.29. The van der Waals surface area contributed by atoms with Crippen molar-refractivity contribution < 1.29 is 24.2 Å². The Balaban J connectivity index is 1.46. The molecule has 4 unspecified atom stereocenters. The van der Waals surface area contributed by atoms with E-state index in [1.165, 1.54) is 13.1 Å². The molecule has 4 rings (SSSR count). The Morgan fingerprint density at radius 1 is 0.980 bits per heavy atom. The first-order chi connectivity index (χ1) is 24.0. The third-order valence-electron chi connectivity index (χ3n) is 8.41. The lowest BCUT2D eigenvalue weighted by Crippen LogP contribution is -2.57. The summed E-state index contributed by atoms with van der Waals surface area (Å²) in [6, 6.07) is 17.4. The molecule has 6 N–H and O–H groups in total. The summed E-state index contributed by atoms with van der Waals surface area (Å²) in [7, 11) is 0. The van der Waals surface area contributed by atoms with E-state index in [1.807, 2.05) is 66.0 Å². The highest BCUT2D eigenvalue weighted by atomic mass is 32.1. The van der Waals surface area contributed by atoms with Gasteiger partial charge in [-0.05, 0) is 56.6 Å². The maximum atomic E-state index is 13.8. The molecule has 1 saturated carbocycles. The third-order valence-corrected chi connectivity index (χ3v) is 9.89. The Morgan fingerprint density at radius 3 is 2.06 bits per heavy atom.